The summed E-state index contributed by atoms with van der Waals surface area (Å²) in [4.78, 5) is 22.0. The van der Waals surface area contributed by atoms with E-state index >= 15 is 0 Å². The van der Waals surface area contributed by atoms with Crippen molar-refractivity contribution >= 4 is 17.3 Å². The molecular weight excluding hydrogens is 318 g/mol. The van der Waals surface area contributed by atoms with Gasteiger partial charge in [-0.1, -0.05) is 38.1 Å². The zero-order valence-electron chi connectivity index (χ0n) is 14.7. The fourth-order valence-electron chi connectivity index (χ4n) is 2.69. The molecule has 0 aliphatic carbocycles. The largest absolute Gasteiger partial charge is 0.373 e. The van der Waals surface area contributed by atoms with Crippen molar-refractivity contribution in [3.63, 3.8) is 0 Å². The maximum absolute atomic E-state index is 11.3. The van der Waals surface area contributed by atoms with Crippen molar-refractivity contribution in [2.75, 3.05) is 5.32 Å². The number of nitrogens with one attached hydrogen (secondary N) is 1. The van der Waals surface area contributed by atoms with Crippen molar-refractivity contribution in [1.82, 2.24) is 0 Å². The van der Waals surface area contributed by atoms with E-state index in [1.165, 1.54) is 23.8 Å². The summed E-state index contributed by atoms with van der Waals surface area (Å²) in [5.74, 6) is -0.101. The lowest BCUT2D eigenvalue weighted by atomic mass is 10.00. The van der Waals surface area contributed by atoms with Crippen LogP contribution in [0.3, 0.4) is 0 Å². The molecule has 0 radical (unpaired) electrons. The Morgan fingerprint density at radius 1 is 1.16 bits per heavy atom. The summed E-state index contributed by atoms with van der Waals surface area (Å²) in [5, 5.41) is 14.4. The highest BCUT2D eigenvalue weighted by atomic mass is 16.6. The van der Waals surface area contributed by atoms with Gasteiger partial charge in [0.1, 0.15) is 5.69 Å². The van der Waals surface area contributed by atoms with Crippen molar-refractivity contribution < 1.29 is 9.72 Å². The highest BCUT2D eigenvalue weighted by Gasteiger charge is 2.18. The number of nitro benzene ring substituents is 1. The number of amides is 1. The van der Waals surface area contributed by atoms with Crippen LogP contribution in [0.2, 0.25) is 0 Å². The lowest BCUT2D eigenvalue weighted by molar-refractivity contribution is -0.384. The molecule has 2 aromatic rings. The van der Waals surface area contributed by atoms with Crippen molar-refractivity contribution in [3.8, 4) is 0 Å². The molecule has 0 saturated heterocycles. The summed E-state index contributed by atoms with van der Waals surface area (Å²) >= 11 is 0. The minimum atomic E-state index is -0.691. The predicted octanol–water partition coefficient (Wildman–Crippen LogP) is 4.07. The van der Waals surface area contributed by atoms with Gasteiger partial charge in [0.25, 0.3) is 5.69 Å². The third kappa shape index (κ3) is 4.79. The molecule has 2 rings (SSSR count). The Bertz CT molecular complexity index is 770. The normalized spacial score (nSPS) is 12.0. The zero-order chi connectivity index (χ0) is 18.6. The van der Waals surface area contributed by atoms with E-state index in [1.54, 1.807) is 0 Å². The van der Waals surface area contributed by atoms with Crippen LogP contribution >= 0.6 is 0 Å². The molecule has 0 heterocycles. The lowest BCUT2D eigenvalue weighted by Gasteiger charge is -2.17. The minimum Gasteiger partial charge on any atom is -0.373 e. The predicted molar refractivity (Wildman–Crippen MR) is 98.6 cm³/mol. The van der Waals surface area contributed by atoms with Crippen LogP contribution in [-0.2, 0) is 6.42 Å². The quantitative estimate of drug-likeness (QED) is 0.586. The molecule has 132 valence electrons. The monoisotopic (exact) mass is 341 g/mol. The first-order chi connectivity index (χ1) is 11.8. The molecular formula is C19H23N3O3. The SMILES string of the molecule is CC(C)Cc1ccc([C@H](C)Nc2ccc(C(N)=O)cc2[N+](=O)[O-])cc1. The zero-order valence-corrected chi connectivity index (χ0v) is 14.7. The van der Waals surface area contributed by atoms with Gasteiger partial charge in [0.15, 0.2) is 0 Å². The second kappa shape index (κ2) is 7.79. The number of anilines is 1. The number of nitro groups is 1. The number of carbonyl (C=O) groups is 1. The molecule has 0 aromatic heterocycles. The number of nitrogens with two attached hydrogens (primary N) is 1. The van der Waals surface area contributed by atoms with Crippen LogP contribution in [-0.4, -0.2) is 10.8 Å². The molecule has 0 fully saturated rings. The molecule has 1 amide bonds. The summed E-state index contributed by atoms with van der Waals surface area (Å²) in [6.45, 7) is 6.28. The van der Waals surface area contributed by atoms with E-state index in [2.05, 4.69) is 31.3 Å². The molecule has 0 unspecified atom stereocenters. The fourth-order valence-corrected chi connectivity index (χ4v) is 2.69. The number of carbonyl (C=O) groups excluding carboxylic acids is 1. The average Bonchev–Trinajstić information content (AvgIpc) is 2.54. The molecule has 0 saturated carbocycles. The number of hydrogen-bond donors (Lipinski definition) is 2. The molecule has 6 nitrogen and oxygen atoms in total. The number of nitrogens with zero attached hydrogens (tertiary/aromatic N) is 1. The maximum atomic E-state index is 11.3. The van der Waals surface area contributed by atoms with Gasteiger partial charge in [0.2, 0.25) is 5.91 Å². The molecule has 0 bridgehead atoms. The van der Waals surface area contributed by atoms with Crippen LogP contribution < -0.4 is 11.1 Å². The fraction of sp³-hybridized carbons (Fsp3) is 0.316. The minimum absolute atomic E-state index is 0.114. The molecule has 1 atom stereocenters. The van der Waals surface area contributed by atoms with E-state index in [0.29, 0.717) is 11.6 Å². The van der Waals surface area contributed by atoms with Gasteiger partial charge in [0.05, 0.1) is 4.92 Å². The van der Waals surface area contributed by atoms with E-state index in [1.807, 2.05) is 19.1 Å². The smallest absolute Gasteiger partial charge is 0.293 e. The van der Waals surface area contributed by atoms with Crippen LogP contribution in [0.4, 0.5) is 11.4 Å². The van der Waals surface area contributed by atoms with Gasteiger partial charge in [-0.3, -0.25) is 14.9 Å². The molecule has 25 heavy (non-hydrogen) atoms. The van der Waals surface area contributed by atoms with Gasteiger partial charge in [-0.25, -0.2) is 0 Å². The molecule has 0 aliphatic heterocycles. The van der Waals surface area contributed by atoms with E-state index < -0.39 is 10.8 Å². The van der Waals surface area contributed by atoms with Gasteiger partial charge in [-0.2, -0.15) is 0 Å². The Balaban J connectivity index is 2.20. The number of benzene rings is 2. The van der Waals surface area contributed by atoms with Crippen LogP contribution in [0.25, 0.3) is 0 Å². The number of primary amides is 1. The highest BCUT2D eigenvalue weighted by molar-refractivity contribution is 5.94. The van der Waals surface area contributed by atoms with Gasteiger partial charge in [-0.15, -0.1) is 0 Å². The number of rotatable bonds is 7. The third-order valence-electron chi connectivity index (χ3n) is 3.97. The first-order valence-corrected chi connectivity index (χ1v) is 8.21. The number of hydrogen-bond acceptors (Lipinski definition) is 4. The van der Waals surface area contributed by atoms with Crippen LogP contribution in [0.1, 0.15) is 48.3 Å². The summed E-state index contributed by atoms with van der Waals surface area (Å²) in [7, 11) is 0. The van der Waals surface area contributed by atoms with Crippen molar-refractivity contribution in [3.05, 3.63) is 69.3 Å². The van der Waals surface area contributed by atoms with E-state index in [-0.39, 0.29) is 17.3 Å². The molecule has 3 N–H and O–H groups in total. The molecule has 0 spiro atoms. The first-order valence-electron chi connectivity index (χ1n) is 8.21. The summed E-state index contributed by atoms with van der Waals surface area (Å²) in [6.07, 6.45) is 1.02. The van der Waals surface area contributed by atoms with Gasteiger partial charge in [0, 0.05) is 17.7 Å². The van der Waals surface area contributed by atoms with E-state index in [0.717, 1.165) is 12.0 Å². The molecule has 2 aromatic carbocycles. The summed E-state index contributed by atoms with van der Waals surface area (Å²) in [6, 6.07) is 12.3. The second-order valence-corrected chi connectivity index (χ2v) is 6.56. The summed E-state index contributed by atoms with van der Waals surface area (Å²) in [5.41, 5.74) is 7.79. The first kappa shape index (κ1) is 18.4. The van der Waals surface area contributed by atoms with Crippen LogP contribution in [0, 0.1) is 16.0 Å². The Labute approximate surface area is 147 Å². The van der Waals surface area contributed by atoms with E-state index in [4.69, 9.17) is 5.73 Å². The average molecular weight is 341 g/mol. The highest BCUT2D eigenvalue weighted by Crippen LogP contribution is 2.29. The maximum Gasteiger partial charge on any atom is 0.293 e. The molecule has 0 aliphatic rings. The van der Waals surface area contributed by atoms with E-state index in [9.17, 15) is 14.9 Å². The molecule has 6 heteroatoms. The Kier molecular flexibility index (Phi) is 5.75. The Morgan fingerprint density at radius 3 is 2.32 bits per heavy atom. The van der Waals surface area contributed by atoms with Crippen molar-refractivity contribution in [2.24, 2.45) is 11.7 Å². The standard InChI is InChI=1S/C19H23N3O3/c1-12(2)10-14-4-6-15(7-5-14)13(3)21-17-9-8-16(19(20)23)11-18(17)22(24)25/h4-9,11-13,21H,10H2,1-3H3,(H2,20,23)/t13-/m0/s1. The lowest BCUT2D eigenvalue weighted by Crippen LogP contribution is -2.13. The topological polar surface area (TPSA) is 98.3 Å². The van der Waals surface area contributed by atoms with Gasteiger partial charge >= 0.3 is 0 Å². The Hall–Kier alpha value is -2.89. The summed E-state index contributed by atoms with van der Waals surface area (Å²) < 4.78 is 0. The van der Waals surface area contributed by atoms with Crippen molar-refractivity contribution in [1.29, 1.82) is 0 Å². The van der Waals surface area contributed by atoms with Gasteiger partial charge < -0.3 is 11.1 Å². The second-order valence-electron chi connectivity index (χ2n) is 6.56. The van der Waals surface area contributed by atoms with Crippen molar-refractivity contribution in [2.45, 2.75) is 33.2 Å². The third-order valence-corrected chi connectivity index (χ3v) is 3.97. The van der Waals surface area contributed by atoms with Gasteiger partial charge in [-0.05, 0) is 42.5 Å². The van der Waals surface area contributed by atoms with Crippen LogP contribution in [0.5, 0.6) is 0 Å². The van der Waals surface area contributed by atoms with Crippen LogP contribution in [0.15, 0.2) is 42.5 Å². The Morgan fingerprint density at radius 2 is 1.80 bits per heavy atom.